The van der Waals surface area contributed by atoms with E-state index in [0.717, 1.165) is 30.6 Å². The van der Waals surface area contributed by atoms with Gasteiger partial charge in [0.2, 0.25) is 0 Å². The number of rotatable bonds is 9. The number of hydrogen-bond donors (Lipinski definition) is 0. The van der Waals surface area contributed by atoms with E-state index in [-0.39, 0.29) is 30.4 Å². The molecule has 4 nitrogen and oxygen atoms in total. The molecule has 2 fully saturated rings. The largest absolute Gasteiger partial charge is 0.465 e. The maximum atomic E-state index is 12.4. The third-order valence-corrected chi connectivity index (χ3v) is 6.72. The Bertz CT molecular complexity index is 511. The molecule has 0 N–H and O–H groups in total. The van der Waals surface area contributed by atoms with Gasteiger partial charge in [0.15, 0.2) is 0 Å². The Morgan fingerprint density at radius 2 is 1.46 bits per heavy atom. The molecular weight excluding hydrogens is 352 g/mol. The quantitative estimate of drug-likeness (QED) is 0.373. The fourth-order valence-electron chi connectivity index (χ4n) is 4.91. The predicted octanol–water partition coefficient (Wildman–Crippen LogP) is 5.70. The van der Waals surface area contributed by atoms with Crippen LogP contribution in [0.1, 0.15) is 85.0 Å². The average Bonchev–Trinajstić information content (AvgIpc) is 2.71. The van der Waals surface area contributed by atoms with Crippen molar-refractivity contribution in [2.24, 2.45) is 29.6 Å². The molecule has 0 heterocycles. The van der Waals surface area contributed by atoms with Crippen LogP contribution in [0.4, 0.5) is 0 Å². The van der Waals surface area contributed by atoms with E-state index in [4.69, 9.17) is 9.47 Å². The highest BCUT2D eigenvalue weighted by molar-refractivity contribution is 5.86. The van der Waals surface area contributed by atoms with E-state index in [1.165, 1.54) is 51.4 Å². The van der Waals surface area contributed by atoms with E-state index in [9.17, 15) is 9.59 Å². The van der Waals surface area contributed by atoms with Gasteiger partial charge in [0.05, 0.1) is 19.1 Å². The maximum Gasteiger partial charge on any atom is 0.333 e. The highest BCUT2D eigenvalue weighted by atomic mass is 16.5. The molecule has 2 rings (SSSR count). The summed E-state index contributed by atoms with van der Waals surface area (Å²) in [6, 6.07) is 0. The van der Waals surface area contributed by atoms with Crippen LogP contribution < -0.4 is 0 Å². The zero-order valence-electron chi connectivity index (χ0n) is 18.2. The van der Waals surface area contributed by atoms with Gasteiger partial charge >= 0.3 is 11.9 Å². The molecule has 0 amide bonds. The lowest BCUT2D eigenvalue weighted by atomic mass is 9.69. The number of hydrogen-bond acceptors (Lipinski definition) is 4. The van der Waals surface area contributed by atoms with Crippen molar-refractivity contribution >= 4 is 11.9 Å². The molecule has 0 aromatic heterocycles. The van der Waals surface area contributed by atoms with E-state index in [0.29, 0.717) is 12.2 Å². The van der Waals surface area contributed by atoms with Crippen LogP contribution in [0.2, 0.25) is 0 Å². The Kier molecular flexibility index (Phi) is 9.53. The van der Waals surface area contributed by atoms with Crippen molar-refractivity contribution < 1.29 is 19.1 Å². The topological polar surface area (TPSA) is 52.6 Å². The van der Waals surface area contributed by atoms with Crippen molar-refractivity contribution in [1.82, 2.24) is 0 Å². The first-order chi connectivity index (χ1) is 13.4. The molecule has 2 aliphatic rings. The summed E-state index contributed by atoms with van der Waals surface area (Å²) in [5.74, 6) is 2.26. The molecule has 0 aromatic carbocycles. The molecular formula is C24H40O4. The average molecular weight is 393 g/mol. The zero-order chi connectivity index (χ0) is 20.5. The maximum absolute atomic E-state index is 12.4. The molecule has 0 spiro atoms. The van der Waals surface area contributed by atoms with E-state index >= 15 is 0 Å². The van der Waals surface area contributed by atoms with Gasteiger partial charge < -0.3 is 9.47 Å². The van der Waals surface area contributed by atoms with Gasteiger partial charge in [-0.2, -0.15) is 0 Å². The lowest BCUT2D eigenvalue weighted by Gasteiger charge is -2.37. The second kappa shape index (κ2) is 11.6. The molecule has 28 heavy (non-hydrogen) atoms. The van der Waals surface area contributed by atoms with E-state index in [2.05, 4.69) is 13.5 Å². The van der Waals surface area contributed by atoms with Crippen LogP contribution >= 0.6 is 0 Å². The first-order valence-electron chi connectivity index (χ1n) is 11.4. The van der Waals surface area contributed by atoms with Gasteiger partial charge in [-0.15, -0.1) is 0 Å². The summed E-state index contributed by atoms with van der Waals surface area (Å²) < 4.78 is 10.6. The van der Waals surface area contributed by atoms with Crippen LogP contribution in [-0.2, 0) is 19.1 Å². The molecule has 160 valence electrons. The Morgan fingerprint density at radius 1 is 0.929 bits per heavy atom. The van der Waals surface area contributed by atoms with E-state index in [1.807, 2.05) is 6.92 Å². The summed E-state index contributed by atoms with van der Waals surface area (Å²) in [4.78, 5) is 23.8. The van der Waals surface area contributed by atoms with Crippen molar-refractivity contribution in [1.29, 1.82) is 0 Å². The fraction of sp³-hybridized carbons (Fsp3) is 0.833. The zero-order valence-corrected chi connectivity index (χ0v) is 18.2. The highest BCUT2D eigenvalue weighted by Crippen LogP contribution is 2.42. The minimum absolute atomic E-state index is 0.00175. The molecule has 0 radical (unpaired) electrons. The van der Waals surface area contributed by atoms with Crippen molar-refractivity contribution in [2.75, 3.05) is 13.2 Å². The first kappa shape index (κ1) is 23.0. The minimum Gasteiger partial charge on any atom is -0.465 e. The minimum atomic E-state index is -0.389. The van der Waals surface area contributed by atoms with Crippen LogP contribution in [-0.4, -0.2) is 25.2 Å². The van der Waals surface area contributed by atoms with Gasteiger partial charge in [0.25, 0.3) is 0 Å². The molecule has 4 heteroatoms. The Balaban J connectivity index is 1.62. The number of ether oxygens (including phenoxy) is 2. The summed E-state index contributed by atoms with van der Waals surface area (Å²) >= 11 is 0. The van der Waals surface area contributed by atoms with Crippen molar-refractivity contribution in [3.05, 3.63) is 12.2 Å². The monoisotopic (exact) mass is 392 g/mol. The van der Waals surface area contributed by atoms with Gasteiger partial charge in [-0.1, -0.05) is 46.1 Å². The van der Waals surface area contributed by atoms with E-state index < -0.39 is 0 Å². The summed E-state index contributed by atoms with van der Waals surface area (Å²) in [6.45, 7) is 9.97. The Morgan fingerprint density at radius 3 is 2.00 bits per heavy atom. The molecule has 0 bridgehead atoms. The molecule has 0 saturated heterocycles. The normalized spacial score (nSPS) is 29.0. The van der Waals surface area contributed by atoms with Crippen molar-refractivity contribution in [2.45, 2.75) is 85.0 Å². The summed E-state index contributed by atoms with van der Waals surface area (Å²) in [7, 11) is 0. The van der Waals surface area contributed by atoms with Gasteiger partial charge in [-0.3, -0.25) is 4.79 Å². The van der Waals surface area contributed by atoms with Crippen LogP contribution in [0.5, 0.6) is 0 Å². The Hall–Kier alpha value is -1.32. The second-order valence-corrected chi connectivity index (χ2v) is 9.30. The number of esters is 2. The lowest BCUT2D eigenvalue weighted by Crippen LogP contribution is -2.30. The SMILES string of the molecule is C=C(C)C(=O)OC[C@@H](C)COC(=O)C1CCC(C2CCC(CCC)CC2)CC1. The van der Waals surface area contributed by atoms with Crippen LogP contribution in [0.25, 0.3) is 0 Å². The van der Waals surface area contributed by atoms with Crippen molar-refractivity contribution in [3.63, 3.8) is 0 Å². The summed E-state index contributed by atoms with van der Waals surface area (Å²) in [5.41, 5.74) is 0.389. The van der Waals surface area contributed by atoms with Crippen LogP contribution in [0.3, 0.4) is 0 Å². The molecule has 0 unspecified atom stereocenters. The van der Waals surface area contributed by atoms with Gasteiger partial charge in [-0.05, 0) is 63.2 Å². The van der Waals surface area contributed by atoms with Crippen LogP contribution in [0, 0.1) is 29.6 Å². The molecule has 0 aromatic rings. The fourth-order valence-corrected chi connectivity index (χ4v) is 4.91. The predicted molar refractivity (Wildman–Crippen MR) is 112 cm³/mol. The van der Waals surface area contributed by atoms with Gasteiger partial charge in [0, 0.05) is 11.5 Å². The van der Waals surface area contributed by atoms with E-state index in [1.54, 1.807) is 6.92 Å². The first-order valence-corrected chi connectivity index (χ1v) is 11.4. The third kappa shape index (κ3) is 7.25. The lowest BCUT2D eigenvalue weighted by molar-refractivity contribution is -0.152. The second-order valence-electron chi connectivity index (χ2n) is 9.30. The molecule has 2 saturated carbocycles. The molecule has 0 aliphatic heterocycles. The van der Waals surface area contributed by atoms with Crippen LogP contribution in [0.15, 0.2) is 12.2 Å². The van der Waals surface area contributed by atoms with Gasteiger partial charge in [-0.25, -0.2) is 4.79 Å². The summed E-state index contributed by atoms with van der Waals surface area (Å²) in [6.07, 6.45) is 12.6. The number of carbonyl (C=O) groups is 2. The highest BCUT2D eigenvalue weighted by Gasteiger charge is 2.33. The molecule has 1 atom stereocenters. The van der Waals surface area contributed by atoms with Crippen molar-refractivity contribution in [3.8, 4) is 0 Å². The van der Waals surface area contributed by atoms with Gasteiger partial charge in [0.1, 0.15) is 0 Å². The smallest absolute Gasteiger partial charge is 0.333 e. The third-order valence-electron chi connectivity index (χ3n) is 6.72. The summed E-state index contributed by atoms with van der Waals surface area (Å²) in [5, 5.41) is 0. The number of carbonyl (C=O) groups excluding carboxylic acids is 2. The molecule has 2 aliphatic carbocycles. The standard InChI is InChI=1S/C24H40O4/c1-5-6-19-7-9-20(10-8-19)21-11-13-22(14-12-21)24(26)28-16-18(4)15-27-23(25)17(2)3/h18-22H,2,5-16H2,1,3-4H3/t18-,19?,20?,21?,22?/m1/s1. The Labute approximate surface area is 171 Å².